The van der Waals surface area contributed by atoms with Gasteiger partial charge in [0.25, 0.3) is 0 Å². The smallest absolute Gasteiger partial charge is 0.136 e. The van der Waals surface area contributed by atoms with Gasteiger partial charge in [0.2, 0.25) is 0 Å². The fourth-order valence-electron chi connectivity index (χ4n) is 1.84. The van der Waals surface area contributed by atoms with Crippen LogP contribution in [0.15, 0.2) is 6.07 Å². The monoisotopic (exact) mass is 264 g/mol. The predicted molar refractivity (Wildman–Crippen MR) is 77.7 cm³/mol. The van der Waals surface area contributed by atoms with Crippen molar-refractivity contribution in [2.24, 2.45) is 0 Å². The van der Waals surface area contributed by atoms with Crippen LogP contribution in [0.25, 0.3) is 0 Å². The quantitative estimate of drug-likeness (QED) is 0.823. The molecule has 1 aromatic heterocycles. The van der Waals surface area contributed by atoms with Crippen molar-refractivity contribution in [3.8, 4) is 0 Å². The number of hydrogen-bond acceptors (Lipinski definition) is 5. The Morgan fingerprint density at radius 2 is 2.11 bits per heavy atom. The molecule has 106 valence electrons. The van der Waals surface area contributed by atoms with Gasteiger partial charge in [0.1, 0.15) is 17.5 Å². The standard InChI is InChI=1S/C14H24N4O/c1-5-15-11-8-12(18(4)14(2,3)9-19)17-13(16-11)10-6-7-10/h8,10,19H,5-7,9H2,1-4H3,(H,15,16,17). The molecule has 0 spiro atoms. The number of hydrogen-bond donors (Lipinski definition) is 2. The highest BCUT2D eigenvalue weighted by atomic mass is 16.3. The molecule has 2 rings (SSSR count). The van der Waals surface area contributed by atoms with Gasteiger partial charge < -0.3 is 15.3 Å². The highest BCUT2D eigenvalue weighted by molar-refractivity contribution is 5.51. The lowest BCUT2D eigenvalue weighted by Crippen LogP contribution is -2.45. The highest BCUT2D eigenvalue weighted by Gasteiger charge is 2.29. The molecule has 0 aliphatic heterocycles. The van der Waals surface area contributed by atoms with E-state index in [4.69, 9.17) is 0 Å². The van der Waals surface area contributed by atoms with E-state index in [1.54, 1.807) is 0 Å². The van der Waals surface area contributed by atoms with Gasteiger partial charge >= 0.3 is 0 Å². The van der Waals surface area contributed by atoms with Gasteiger partial charge in [-0.1, -0.05) is 0 Å². The van der Waals surface area contributed by atoms with E-state index in [1.165, 1.54) is 12.8 Å². The van der Waals surface area contributed by atoms with Crippen LogP contribution in [0.4, 0.5) is 11.6 Å². The number of aromatic nitrogens is 2. The Labute approximate surface area is 115 Å². The van der Waals surface area contributed by atoms with Crippen molar-refractivity contribution in [1.82, 2.24) is 9.97 Å². The number of nitrogens with one attached hydrogen (secondary N) is 1. The zero-order chi connectivity index (χ0) is 14.0. The van der Waals surface area contributed by atoms with Crippen LogP contribution in [0.3, 0.4) is 0 Å². The van der Waals surface area contributed by atoms with Gasteiger partial charge in [0.15, 0.2) is 0 Å². The maximum atomic E-state index is 9.49. The first kappa shape index (κ1) is 14.1. The van der Waals surface area contributed by atoms with E-state index >= 15 is 0 Å². The Balaban J connectivity index is 2.32. The highest BCUT2D eigenvalue weighted by Crippen LogP contribution is 2.39. The molecule has 2 N–H and O–H groups in total. The molecule has 0 aromatic carbocycles. The summed E-state index contributed by atoms with van der Waals surface area (Å²) in [6, 6.07) is 1.95. The molecule has 5 heteroatoms. The van der Waals surface area contributed by atoms with Gasteiger partial charge in [-0.05, 0) is 33.6 Å². The Morgan fingerprint density at radius 1 is 1.42 bits per heavy atom. The SMILES string of the molecule is CCNc1cc(N(C)C(C)(C)CO)nc(C2CC2)n1. The zero-order valence-corrected chi connectivity index (χ0v) is 12.3. The summed E-state index contributed by atoms with van der Waals surface area (Å²) in [5.41, 5.74) is -0.335. The third kappa shape index (κ3) is 3.15. The first-order valence-corrected chi connectivity index (χ1v) is 6.95. The normalized spacial score (nSPS) is 15.4. The maximum Gasteiger partial charge on any atom is 0.136 e. The number of anilines is 2. The molecular formula is C14H24N4O. The summed E-state index contributed by atoms with van der Waals surface area (Å²) in [7, 11) is 1.96. The van der Waals surface area contributed by atoms with Gasteiger partial charge in [-0.25, -0.2) is 9.97 Å². The first-order valence-electron chi connectivity index (χ1n) is 6.95. The predicted octanol–water partition coefficient (Wildman–Crippen LogP) is 1.99. The second-order valence-electron chi connectivity index (χ2n) is 5.80. The Hall–Kier alpha value is -1.36. The molecule has 0 atom stereocenters. The van der Waals surface area contributed by atoms with Gasteiger partial charge in [-0.15, -0.1) is 0 Å². The fraction of sp³-hybridized carbons (Fsp3) is 0.714. The molecule has 1 saturated carbocycles. The Bertz CT molecular complexity index is 443. The number of rotatable bonds is 6. The van der Waals surface area contributed by atoms with Crippen molar-refractivity contribution in [2.75, 3.05) is 30.4 Å². The van der Waals surface area contributed by atoms with Gasteiger partial charge in [0.05, 0.1) is 12.1 Å². The van der Waals surface area contributed by atoms with Crippen LogP contribution < -0.4 is 10.2 Å². The largest absolute Gasteiger partial charge is 0.394 e. The molecule has 19 heavy (non-hydrogen) atoms. The number of aliphatic hydroxyl groups excluding tert-OH is 1. The van der Waals surface area contributed by atoms with E-state index in [-0.39, 0.29) is 12.1 Å². The molecule has 1 fully saturated rings. The van der Waals surface area contributed by atoms with Crippen LogP contribution in [-0.4, -0.2) is 40.8 Å². The van der Waals surface area contributed by atoms with E-state index in [9.17, 15) is 5.11 Å². The lowest BCUT2D eigenvalue weighted by Gasteiger charge is -2.35. The summed E-state index contributed by atoms with van der Waals surface area (Å²) in [5, 5.41) is 12.7. The van der Waals surface area contributed by atoms with Crippen LogP contribution in [0, 0.1) is 0 Å². The lowest BCUT2D eigenvalue weighted by molar-refractivity contribution is 0.215. The van der Waals surface area contributed by atoms with E-state index in [2.05, 4.69) is 22.2 Å². The minimum Gasteiger partial charge on any atom is -0.394 e. The van der Waals surface area contributed by atoms with Crippen molar-refractivity contribution in [3.63, 3.8) is 0 Å². The molecule has 1 aromatic rings. The second kappa shape index (κ2) is 5.33. The molecule has 1 aliphatic rings. The maximum absolute atomic E-state index is 9.49. The summed E-state index contributed by atoms with van der Waals surface area (Å²) < 4.78 is 0. The first-order chi connectivity index (χ1) is 8.97. The second-order valence-corrected chi connectivity index (χ2v) is 5.80. The third-order valence-corrected chi connectivity index (χ3v) is 3.67. The lowest BCUT2D eigenvalue weighted by atomic mass is 10.1. The Kier molecular flexibility index (Phi) is 3.94. The third-order valence-electron chi connectivity index (χ3n) is 3.67. The van der Waals surface area contributed by atoms with Crippen LogP contribution >= 0.6 is 0 Å². The molecule has 0 radical (unpaired) electrons. The molecule has 0 saturated heterocycles. The van der Waals surface area contributed by atoms with E-state index in [0.717, 1.165) is 24.0 Å². The summed E-state index contributed by atoms with van der Waals surface area (Å²) in [5.74, 6) is 3.18. The van der Waals surface area contributed by atoms with Crippen molar-refractivity contribution in [1.29, 1.82) is 0 Å². The number of likely N-dealkylation sites (N-methyl/N-ethyl adjacent to an activating group) is 1. The zero-order valence-electron chi connectivity index (χ0n) is 12.3. The molecule has 0 unspecified atom stereocenters. The van der Waals surface area contributed by atoms with E-state index < -0.39 is 0 Å². The van der Waals surface area contributed by atoms with Crippen LogP contribution in [0.5, 0.6) is 0 Å². The molecule has 0 amide bonds. The minimum atomic E-state index is -0.335. The van der Waals surface area contributed by atoms with Crippen LogP contribution in [0.1, 0.15) is 45.4 Å². The molecule has 1 heterocycles. The molecule has 1 aliphatic carbocycles. The minimum absolute atomic E-state index is 0.0861. The summed E-state index contributed by atoms with van der Waals surface area (Å²) in [4.78, 5) is 11.2. The number of nitrogens with zero attached hydrogens (tertiary/aromatic N) is 3. The Morgan fingerprint density at radius 3 is 2.63 bits per heavy atom. The molecule has 0 bridgehead atoms. The van der Waals surface area contributed by atoms with Crippen molar-refractivity contribution in [2.45, 2.75) is 45.1 Å². The van der Waals surface area contributed by atoms with Crippen LogP contribution in [0.2, 0.25) is 0 Å². The van der Waals surface area contributed by atoms with Crippen molar-refractivity contribution < 1.29 is 5.11 Å². The summed E-state index contributed by atoms with van der Waals surface area (Å²) in [6.45, 7) is 6.98. The van der Waals surface area contributed by atoms with Crippen LogP contribution in [-0.2, 0) is 0 Å². The average Bonchev–Trinajstić information content (AvgIpc) is 3.22. The van der Waals surface area contributed by atoms with Gasteiger partial charge in [0, 0.05) is 25.6 Å². The summed E-state index contributed by atoms with van der Waals surface area (Å²) in [6.07, 6.45) is 2.37. The number of aliphatic hydroxyl groups is 1. The molecular weight excluding hydrogens is 240 g/mol. The van der Waals surface area contributed by atoms with E-state index in [1.807, 2.05) is 31.9 Å². The van der Waals surface area contributed by atoms with E-state index in [0.29, 0.717) is 5.92 Å². The topological polar surface area (TPSA) is 61.3 Å². The van der Waals surface area contributed by atoms with Gasteiger partial charge in [-0.3, -0.25) is 0 Å². The van der Waals surface area contributed by atoms with Crippen molar-refractivity contribution in [3.05, 3.63) is 11.9 Å². The van der Waals surface area contributed by atoms with Gasteiger partial charge in [-0.2, -0.15) is 0 Å². The average molecular weight is 264 g/mol. The fourth-order valence-corrected chi connectivity index (χ4v) is 1.84. The summed E-state index contributed by atoms with van der Waals surface area (Å²) >= 11 is 0. The molecule has 5 nitrogen and oxygen atoms in total. The van der Waals surface area contributed by atoms with Crippen molar-refractivity contribution >= 4 is 11.6 Å².